The number of nitro groups is 2. The van der Waals surface area contributed by atoms with Crippen LogP contribution in [0.1, 0.15) is 5.56 Å². The van der Waals surface area contributed by atoms with Gasteiger partial charge < -0.3 is 4.74 Å². The van der Waals surface area contributed by atoms with Gasteiger partial charge in [-0.3, -0.25) is 20.2 Å². The second kappa shape index (κ2) is 9.11. The number of rotatable bonds is 9. The Morgan fingerprint density at radius 3 is 2.29 bits per heavy atom. The Labute approximate surface area is 179 Å². The minimum Gasteiger partial charge on any atom is -0.475 e. The van der Waals surface area contributed by atoms with Crippen molar-refractivity contribution >= 4 is 32.7 Å². The van der Waals surface area contributed by atoms with Gasteiger partial charge in [-0.1, -0.05) is 6.07 Å². The van der Waals surface area contributed by atoms with E-state index in [4.69, 9.17) is 4.74 Å². The van der Waals surface area contributed by atoms with Gasteiger partial charge in [0.25, 0.3) is 11.4 Å². The van der Waals surface area contributed by atoms with Crippen LogP contribution in [0, 0.1) is 27.2 Å². The molecule has 12 nitrogen and oxygen atoms in total. The molecule has 0 atom stereocenters. The highest BCUT2D eigenvalue weighted by atomic mass is 32.2. The van der Waals surface area contributed by atoms with Crippen LogP contribution in [-0.4, -0.2) is 41.6 Å². The largest absolute Gasteiger partial charge is 0.475 e. The van der Waals surface area contributed by atoms with Gasteiger partial charge in [-0.25, -0.2) is 13.1 Å². The Morgan fingerprint density at radius 2 is 1.77 bits per heavy atom. The molecule has 0 spiro atoms. The Morgan fingerprint density at radius 1 is 1.10 bits per heavy atom. The summed E-state index contributed by atoms with van der Waals surface area (Å²) in [5.74, 6) is 0.182. The molecule has 3 aromatic rings. The lowest BCUT2D eigenvalue weighted by Gasteiger charge is -2.09. The average Bonchev–Trinajstić information content (AvgIpc) is 3.26. The lowest BCUT2D eigenvalue weighted by molar-refractivity contribution is -0.395. The van der Waals surface area contributed by atoms with E-state index in [2.05, 4.69) is 14.9 Å². The van der Waals surface area contributed by atoms with Crippen molar-refractivity contribution in [3.8, 4) is 16.5 Å². The number of thiophene rings is 1. The van der Waals surface area contributed by atoms with Crippen molar-refractivity contribution in [3.63, 3.8) is 0 Å². The molecule has 0 bridgehead atoms. The van der Waals surface area contributed by atoms with Crippen LogP contribution in [0.15, 0.2) is 46.7 Å². The summed E-state index contributed by atoms with van der Waals surface area (Å²) in [6.45, 7) is 0.868. The van der Waals surface area contributed by atoms with E-state index in [0.29, 0.717) is 5.69 Å². The van der Waals surface area contributed by atoms with Crippen molar-refractivity contribution < 1.29 is 23.0 Å². The molecule has 0 unspecified atom stereocenters. The van der Waals surface area contributed by atoms with E-state index in [1.165, 1.54) is 18.3 Å². The predicted molar refractivity (Wildman–Crippen MR) is 111 cm³/mol. The van der Waals surface area contributed by atoms with Crippen molar-refractivity contribution in [3.05, 3.63) is 67.6 Å². The number of ether oxygens (including phenoxy) is 1. The fourth-order valence-corrected chi connectivity index (χ4v) is 4.30. The van der Waals surface area contributed by atoms with Crippen LogP contribution in [0.4, 0.5) is 11.4 Å². The van der Waals surface area contributed by atoms with E-state index >= 15 is 0 Å². The fourth-order valence-electron chi connectivity index (χ4n) is 2.56. The molecule has 162 valence electrons. The highest BCUT2D eigenvalue weighted by Gasteiger charge is 2.27. The molecule has 2 heterocycles. The Balaban J connectivity index is 1.65. The van der Waals surface area contributed by atoms with Gasteiger partial charge in [0.15, 0.2) is 0 Å². The van der Waals surface area contributed by atoms with E-state index in [9.17, 15) is 28.6 Å². The first kappa shape index (κ1) is 22.2. The van der Waals surface area contributed by atoms with Crippen LogP contribution in [-0.2, 0) is 10.0 Å². The van der Waals surface area contributed by atoms with Crippen molar-refractivity contribution in [1.29, 1.82) is 0 Å². The summed E-state index contributed by atoms with van der Waals surface area (Å²) in [5.41, 5.74) is -0.883. The Bertz CT molecular complexity index is 1180. The van der Waals surface area contributed by atoms with Crippen molar-refractivity contribution in [2.45, 2.75) is 11.8 Å². The molecule has 0 fully saturated rings. The average molecular weight is 465 g/mol. The molecule has 1 N–H and O–H groups in total. The van der Waals surface area contributed by atoms with E-state index in [1.54, 1.807) is 12.1 Å². The molecule has 0 saturated heterocycles. The molecule has 3 rings (SSSR count). The Hall–Kier alpha value is -3.49. The molecular weight excluding hydrogens is 450 g/mol. The first-order valence-corrected chi connectivity index (χ1v) is 11.0. The fraction of sp³-hybridized carbons (Fsp3) is 0.176. The molecule has 2 aromatic heterocycles. The van der Waals surface area contributed by atoms with Crippen LogP contribution in [0.2, 0.25) is 0 Å². The highest BCUT2D eigenvalue weighted by Crippen LogP contribution is 2.31. The number of nitrogens with zero attached hydrogens (tertiary/aromatic N) is 4. The monoisotopic (exact) mass is 465 g/mol. The van der Waals surface area contributed by atoms with Crippen LogP contribution in [0.3, 0.4) is 0 Å². The van der Waals surface area contributed by atoms with Gasteiger partial charge in [-0.2, -0.15) is 0 Å². The summed E-state index contributed by atoms with van der Waals surface area (Å²) < 4.78 is 32.4. The van der Waals surface area contributed by atoms with Crippen molar-refractivity contribution in [1.82, 2.24) is 14.9 Å². The minimum atomic E-state index is -4.25. The van der Waals surface area contributed by atoms with Gasteiger partial charge in [0, 0.05) is 24.7 Å². The number of hydrogen-bond donors (Lipinski definition) is 1. The Kier molecular flexibility index (Phi) is 6.53. The third kappa shape index (κ3) is 5.17. The molecule has 0 radical (unpaired) electrons. The first-order valence-electron chi connectivity index (χ1n) is 8.62. The third-order valence-electron chi connectivity index (χ3n) is 4.09. The van der Waals surface area contributed by atoms with Gasteiger partial charge in [-0.05, 0) is 24.4 Å². The standard InChI is InChI=1S/C17H15N5O7S2/c1-11-14(21(23)24)9-12(10-15(11)22(25)26)31(27,28)18-6-7-29-17-5-4-13(19-20-17)16-3-2-8-30-16/h2-5,8-10,18H,6-7H2,1H3. The van der Waals surface area contributed by atoms with Gasteiger partial charge in [0.2, 0.25) is 15.9 Å². The summed E-state index contributed by atoms with van der Waals surface area (Å²) >= 11 is 1.51. The molecular formula is C17H15N5O7S2. The highest BCUT2D eigenvalue weighted by molar-refractivity contribution is 7.89. The molecule has 0 aliphatic carbocycles. The van der Waals surface area contributed by atoms with E-state index in [0.717, 1.165) is 17.0 Å². The topological polar surface area (TPSA) is 167 Å². The smallest absolute Gasteiger partial charge is 0.280 e. The normalized spacial score (nSPS) is 11.3. The minimum absolute atomic E-state index is 0.109. The van der Waals surface area contributed by atoms with Crippen LogP contribution in [0.5, 0.6) is 5.88 Å². The predicted octanol–water partition coefficient (Wildman–Crippen LogP) is 2.69. The summed E-state index contributed by atoms with van der Waals surface area (Å²) in [4.78, 5) is 20.9. The zero-order valence-electron chi connectivity index (χ0n) is 15.9. The van der Waals surface area contributed by atoms with Crippen LogP contribution in [0.25, 0.3) is 10.6 Å². The maximum absolute atomic E-state index is 12.4. The van der Waals surface area contributed by atoms with Crippen molar-refractivity contribution in [2.75, 3.05) is 13.2 Å². The summed E-state index contributed by atoms with van der Waals surface area (Å²) in [5, 5.41) is 32.1. The maximum Gasteiger partial charge on any atom is 0.280 e. The van der Waals surface area contributed by atoms with Crippen molar-refractivity contribution in [2.24, 2.45) is 0 Å². The van der Waals surface area contributed by atoms with E-state index in [-0.39, 0.29) is 24.6 Å². The number of sulfonamides is 1. The number of nitro benzene ring substituents is 2. The number of benzene rings is 1. The summed E-state index contributed by atoms with van der Waals surface area (Å²) in [7, 11) is -4.25. The second-order valence-electron chi connectivity index (χ2n) is 6.08. The molecule has 0 aliphatic heterocycles. The maximum atomic E-state index is 12.4. The number of aromatic nitrogens is 2. The van der Waals surface area contributed by atoms with Gasteiger partial charge >= 0.3 is 0 Å². The van der Waals surface area contributed by atoms with Crippen LogP contribution >= 0.6 is 11.3 Å². The molecule has 0 saturated carbocycles. The molecule has 1 aromatic carbocycles. The molecule has 0 aliphatic rings. The number of hydrogen-bond acceptors (Lipinski definition) is 10. The van der Waals surface area contributed by atoms with Gasteiger partial charge in [0.05, 0.1) is 19.6 Å². The zero-order valence-corrected chi connectivity index (χ0v) is 17.6. The molecule has 14 heteroatoms. The molecule has 0 amide bonds. The first-order chi connectivity index (χ1) is 14.7. The summed E-state index contributed by atoms with van der Waals surface area (Å²) in [6, 6.07) is 8.63. The second-order valence-corrected chi connectivity index (χ2v) is 8.80. The molecule has 31 heavy (non-hydrogen) atoms. The van der Waals surface area contributed by atoms with Gasteiger partial charge in [0.1, 0.15) is 17.9 Å². The number of nitrogens with one attached hydrogen (secondary N) is 1. The summed E-state index contributed by atoms with van der Waals surface area (Å²) in [6.07, 6.45) is 0. The van der Waals surface area contributed by atoms with Crippen LogP contribution < -0.4 is 9.46 Å². The lowest BCUT2D eigenvalue weighted by Crippen LogP contribution is -2.28. The van der Waals surface area contributed by atoms with E-state index < -0.39 is 36.1 Å². The third-order valence-corrected chi connectivity index (χ3v) is 6.42. The quantitative estimate of drug-likeness (QED) is 0.284. The zero-order chi connectivity index (χ0) is 22.6. The lowest BCUT2D eigenvalue weighted by atomic mass is 10.1. The van der Waals surface area contributed by atoms with Gasteiger partial charge in [-0.15, -0.1) is 21.5 Å². The SMILES string of the molecule is Cc1c([N+](=O)[O-])cc(S(=O)(=O)NCCOc2ccc(-c3cccs3)nn2)cc1[N+](=O)[O-]. The van der Waals surface area contributed by atoms with E-state index in [1.807, 2.05) is 17.5 Å².